The first kappa shape index (κ1) is 36.5. The van der Waals surface area contributed by atoms with Gasteiger partial charge < -0.3 is 4.57 Å². The minimum Gasteiger partial charge on any atom is -0.309 e. The number of nitrogens with zero attached hydrogens (tertiary/aromatic N) is 3. The number of hydrogen-bond acceptors (Lipinski definition) is 2. The summed E-state index contributed by atoms with van der Waals surface area (Å²) in [7, 11) is 0. The summed E-state index contributed by atoms with van der Waals surface area (Å²) in [6.07, 6.45) is 1.56. The summed E-state index contributed by atoms with van der Waals surface area (Å²) < 4.78 is 2.54. The minimum absolute atomic E-state index is 0.714. The van der Waals surface area contributed by atoms with Gasteiger partial charge in [-0.3, -0.25) is 0 Å². The molecule has 0 saturated heterocycles. The maximum absolute atomic E-state index is 5.83. The predicted octanol–water partition coefficient (Wildman–Crippen LogP) is 15.8. The van der Waals surface area contributed by atoms with Crippen LogP contribution in [0.5, 0.6) is 0 Å². The Balaban J connectivity index is 1.18. The largest absolute Gasteiger partial charge is 0.309 e. The van der Waals surface area contributed by atoms with Gasteiger partial charge in [-0.15, -0.1) is 0 Å². The lowest BCUT2D eigenvalue weighted by atomic mass is 9.90. The van der Waals surface area contributed by atoms with Crippen LogP contribution in [0.3, 0.4) is 0 Å². The van der Waals surface area contributed by atoms with Crippen molar-refractivity contribution in [2.24, 2.45) is 0 Å². The van der Waals surface area contributed by atoms with Gasteiger partial charge in [0.1, 0.15) is 0 Å². The first-order valence-electron chi connectivity index (χ1n) is 22.3. The molecule has 3 heteroatoms. The van der Waals surface area contributed by atoms with Crippen LogP contribution in [-0.4, -0.2) is 14.5 Å². The number of fused-ring (bicyclic) bond motifs is 10. The SMILES string of the molecule is CCc1c(-c2c(-n3c4cc5ccccc5cc4c4c5ccccc5ccc43)ccc3c2Cc2ccccc2-3)nc(-c2cccc(-c3ccccc3)c2)nc1-c1cccc2ccccc12. The van der Waals surface area contributed by atoms with Crippen molar-refractivity contribution in [1.82, 2.24) is 14.5 Å². The second-order valence-electron chi connectivity index (χ2n) is 17.1. The third-order valence-corrected chi connectivity index (χ3v) is 13.6. The molecule has 0 aliphatic heterocycles. The maximum Gasteiger partial charge on any atom is 0.160 e. The first-order valence-corrected chi connectivity index (χ1v) is 22.3. The van der Waals surface area contributed by atoms with Crippen molar-refractivity contribution in [3.8, 4) is 61.8 Å². The van der Waals surface area contributed by atoms with E-state index in [1.807, 2.05) is 0 Å². The standard InChI is InChI=1S/C61H41N3/c1-2-46-59(51-29-15-23-39-18-8-11-26-47(39)51)62-61(45-25-14-24-41(34-45)38-16-4-3-5-17-38)63-60(46)58-52-36-44-22-10-12-27-48(44)50(52)31-33-55(58)64-54-32-30-40-19-9-13-28-49(40)57(54)53-35-42-20-6-7-21-43(42)37-56(53)64/h3-35,37H,2,36H2,1H3. The zero-order valence-corrected chi connectivity index (χ0v) is 35.4. The van der Waals surface area contributed by atoms with Crippen LogP contribution in [0.15, 0.2) is 206 Å². The van der Waals surface area contributed by atoms with Gasteiger partial charge in [0.05, 0.1) is 28.1 Å². The molecule has 2 heterocycles. The lowest BCUT2D eigenvalue weighted by Gasteiger charge is -2.22. The molecule has 0 atom stereocenters. The molecular formula is C61H41N3. The van der Waals surface area contributed by atoms with Gasteiger partial charge >= 0.3 is 0 Å². The van der Waals surface area contributed by atoms with Crippen LogP contribution in [0, 0.1) is 0 Å². The minimum atomic E-state index is 0.714. The fraction of sp³-hybridized carbons (Fsp3) is 0.0492. The molecule has 10 aromatic carbocycles. The molecule has 300 valence electrons. The van der Waals surface area contributed by atoms with Crippen LogP contribution >= 0.6 is 0 Å². The predicted molar refractivity (Wildman–Crippen MR) is 268 cm³/mol. The van der Waals surface area contributed by atoms with Crippen molar-refractivity contribution in [1.29, 1.82) is 0 Å². The van der Waals surface area contributed by atoms with E-state index < -0.39 is 0 Å². The normalized spacial score (nSPS) is 12.1. The average Bonchev–Trinajstić information content (AvgIpc) is 3.90. The number of rotatable bonds is 6. The lowest BCUT2D eigenvalue weighted by molar-refractivity contribution is 1.05. The summed E-state index contributed by atoms with van der Waals surface area (Å²) in [4.78, 5) is 11.5. The molecular weight excluding hydrogens is 775 g/mol. The molecule has 0 amide bonds. The molecule has 1 aliphatic carbocycles. The number of benzene rings is 10. The third kappa shape index (κ3) is 5.60. The zero-order chi connectivity index (χ0) is 42.3. The molecule has 3 nitrogen and oxygen atoms in total. The van der Waals surface area contributed by atoms with Crippen LogP contribution in [0.4, 0.5) is 0 Å². The molecule has 1 aliphatic rings. The van der Waals surface area contributed by atoms with Crippen molar-refractivity contribution in [3.63, 3.8) is 0 Å². The molecule has 0 saturated carbocycles. The second kappa shape index (κ2) is 14.5. The number of aromatic nitrogens is 3. The van der Waals surface area contributed by atoms with E-state index in [0.717, 1.165) is 63.3 Å². The molecule has 0 unspecified atom stereocenters. The summed E-state index contributed by atoms with van der Waals surface area (Å²) >= 11 is 0. The Morgan fingerprint density at radius 2 is 1.08 bits per heavy atom. The number of hydrogen-bond donors (Lipinski definition) is 0. The van der Waals surface area contributed by atoms with Gasteiger partial charge in [0.2, 0.25) is 0 Å². The Hall–Kier alpha value is -8.14. The van der Waals surface area contributed by atoms with Crippen molar-refractivity contribution in [3.05, 3.63) is 223 Å². The maximum atomic E-state index is 5.83. The van der Waals surface area contributed by atoms with E-state index >= 15 is 0 Å². The van der Waals surface area contributed by atoms with Crippen molar-refractivity contribution in [2.75, 3.05) is 0 Å². The van der Waals surface area contributed by atoms with Crippen LogP contribution < -0.4 is 0 Å². The van der Waals surface area contributed by atoms with Gasteiger partial charge in [0.25, 0.3) is 0 Å². The molecule has 64 heavy (non-hydrogen) atoms. The van der Waals surface area contributed by atoms with Crippen LogP contribution in [0.25, 0.3) is 116 Å². The highest BCUT2D eigenvalue weighted by atomic mass is 15.0. The van der Waals surface area contributed by atoms with Crippen molar-refractivity contribution < 1.29 is 0 Å². The zero-order valence-electron chi connectivity index (χ0n) is 35.4. The Morgan fingerprint density at radius 1 is 0.438 bits per heavy atom. The molecule has 0 fully saturated rings. The van der Waals surface area contributed by atoms with Gasteiger partial charge in [-0.2, -0.15) is 0 Å². The van der Waals surface area contributed by atoms with Crippen molar-refractivity contribution >= 4 is 54.1 Å². The highest BCUT2D eigenvalue weighted by Crippen LogP contribution is 2.49. The Bertz CT molecular complexity index is 3850. The first-order chi connectivity index (χ1) is 31.7. The summed E-state index contributed by atoms with van der Waals surface area (Å²) in [5.74, 6) is 0.714. The van der Waals surface area contributed by atoms with E-state index in [1.165, 1.54) is 76.4 Å². The van der Waals surface area contributed by atoms with E-state index in [9.17, 15) is 0 Å². The second-order valence-corrected chi connectivity index (χ2v) is 17.1. The fourth-order valence-corrected chi connectivity index (χ4v) is 10.7. The molecule has 2 aromatic heterocycles. The quantitative estimate of drug-likeness (QED) is 0.167. The highest BCUT2D eigenvalue weighted by Gasteiger charge is 2.30. The highest BCUT2D eigenvalue weighted by molar-refractivity contribution is 6.23. The fourth-order valence-electron chi connectivity index (χ4n) is 10.7. The summed E-state index contributed by atoms with van der Waals surface area (Å²) in [5, 5.41) is 9.82. The Labute approximate surface area is 371 Å². The molecule has 0 spiro atoms. The average molecular weight is 816 g/mol. The summed E-state index contributed by atoms with van der Waals surface area (Å²) in [6.45, 7) is 2.27. The van der Waals surface area contributed by atoms with E-state index in [1.54, 1.807) is 0 Å². The van der Waals surface area contributed by atoms with E-state index in [4.69, 9.17) is 9.97 Å². The summed E-state index contributed by atoms with van der Waals surface area (Å²) in [5.41, 5.74) is 17.3. The van der Waals surface area contributed by atoms with Crippen LogP contribution in [0.2, 0.25) is 0 Å². The van der Waals surface area contributed by atoms with E-state index in [2.05, 4.69) is 218 Å². The van der Waals surface area contributed by atoms with Gasteiger partial charge in [-0.25, -0.2) is 9.97 Å². The molecule has 13 rings (SSSR count). The van der Waals surface area contributed by atoms with Crippen LogP contribution in [0.1, 0.15) is 23.6 Å². The van der Waals surface area contributed by atoms with Gasteiger partial charge in [0, 0.05) is 33.0 Å². The monoisotopic (exact) mass is 815 g/mol. The van der Waals surface area contributed by atoms with Gasteiger partial charge in [-0.1, -0.05) is 183 Å². The molecule has 0 radical (unpaired) electrons. The van der Waals surface area contributed by atoms with E-state index in [-0.39, 0.29) is 0 Å². The molecule has 0 bridgehead atoms. The Kier molecular flexibility index (Phi) is 8.26. The lowest BCUT2D eigenvalue weighted by Crippen LogP contribution is -2.08. The Morgan fingerprint density at radius 3 is 1.92 bits per heavy atom. The molecule has 0 N–H and O–H groups in total. The topological polar surface area (TPSA) is 30.7 Å². The summed E-state index contributed by atoms with van der Waals surface area (Å²) in [6, 6.07) is 75.3. The smallest absolute Gasteiger partial charge is 0.160 e. The van der Waals surface area contributed by atoms with Gasteiger partial charge in [-0.05, 0) is 109 Å². The van der Waals surface area contributed by atoms with Crippen LogP contribution in [-0.2, 0) is 12.8 Å². The van der Waals surface area contributed by atoms with Crippen molar-refractivity contribution in [2.45, 2.75) is 19.8 Å². The molecule has 12 aromatic rings. The third-order valence-electron chi connectivity index (χ3n) is 13.6. The van der Waals surface area contributed by atoms with Gasteiger partial charge in [0.15, 0.2) is 5.82 Å². The van der Waals surface area contributed by atoms with E-state index in [0.29, 0.717) is 5.82 Å².